The molecule has 0 radical (unpaired) electrons. The Morgan fingerprint density at radius 3 is 1.96 bits per heavy atom. The highest BCUT2D eigenvalue weighted by Crippen LogP contribution is 2.29. The summed E-state index contributed by atoms with van der Waals surface area (Å²) >= 11 is 0. The molecule has 0 saturated carbocycles. The summed E-state index contributed by atoms with van der Waals surface area (Å²) in [6, 6.07) is 20.3. The second-order valence-corrected chi connectivity index (χ2v) is 6.83. The lowest BCUT2D eigenvalue weighted by molar-refractivity contribution is -0.119. The monoisotopic (exact) mass is 344 g/mol. The highest BCUT2D eigenvalue weighted by molar-refractivity contribution is 5.90. The lowest BCUT2D eigenvalue weighted by atomic mass is 9.85. The van der Waals surface area contributed by atoms with Crippen LogP contribution >= 0.6 is 0 Å². The van der Waals surface area contributed by atoms with Crippen molar-refractivity contribution in [2.45, 2.75) is 19.3 Å². The van der Waals surface area contributed by atoms with Crippen LogP contribution in [0.2, 0.25) is 0 Å². The van der Waals surface area contributed by atoms with Gasteiger partial charge in [-0.3, -0.25) is 9.78 Å². The number of hydrogen-bond acceptors (Lipinski definition) is 3. The summed E-state index contributed by atoms with van der Waals surface area (Å²) in [5.41, 5.74) is 5.37. The summed E-state index contributed by atoms with van der Waals surface area (Å²) in [7, 11) is 4.03. The molecular weight excluding hydrogens is 320 g/mol. The Morgan fingerprint density at radius 2 is 1.42 bits per heavy atom. The molecule has 132 valence electrons. The fraction of sp³-hybridized carbons (Fsp3) is 0.217. The summed E-state index contributed by atoms with van der Waals surface area (Å²) < 4.78 is 0. The lowest BCUT2D eigenvalue weighted by Gasteiger charge is -2.19. The average Bonchev–Trinajstić information content (AvgIpc) is 2.65. The van der Waals surface area contributed by atoms with E-state index in [9.17, 15) is 4.79 Å². The van der Waals surface area contributed by atoms with Crippen LogP contribution < -0.4 is 4.90 Å². The van der Waals surface area contributed by atoms with E-state index in [1.54, 1.807) is 12.4 Å². The molecule has 0 aliphatic heterocycles. The quantitative estimate of drug-likeness (QED) is 0.664. The highest BCUT2D eigenvalue weighted by Gasteiger charge is 2.23. The van der Waals surface area contributed by atoms with E-state index in [0.29, 0.717) is 6.42 Å². The van der Waals surface area contributed by atoms with Crippen molar-refractivity contribution in [1.29, 1.82) is 0 Å². The van der Waals surface area contributed by atoms with E-state index < -0.39 is 0 Å². The molecule has 0 aliphatic rings. The van der Waals surface area contributed by atoms with Crippen molar-refractivity contribution >= 4 is 11.5 Å². The predicted octanol–water partition coefficient (Wildman–Crippen LogP) is 4.40. The van der Waals surface area contributed by atoms with Gasteiger partial charge >= 0.3 is 0 Å². The van der Waals surface area contributed by atoms with Crippen molar-refractivity contribution in [3.8, 4) is 0 Å². The van der Waals surface area contributed by atoms with Gasteiger partial charge in [0.15, 0.2) is 0 Å². The third-order valence-corrected chi connectivity index (χ3v) is 4.60. The average molecular weight is 344 g/mol. The first-order valence-electron chi connectivity index (χ1n) is 8.80. The van der Waals surface area contributed by atoms with E-state index in [4.69, 9.17) is 0 Å². The summed E-state index contributed by atoms with van der Waals surface area (Å²) in [6.45, 7) is 2.06. The first kappa shape index (κ1) is 17.9. The number of nitrogens with zero attached hydrogens (tertiary/aromatic N) is 2. The van der Waals surface area contributed by atoms with Gasteiger partial charge in [0.2, 0.25) is 0 Å². The molecule has 0 amide bonds. The Hall–Kier alpha value is -2.94. The molecule has 0 spiro atoms. The maximum Gasteiger partial charge on any atom is 0.149 e. The van der Waals surface area contributed by atoms with E-state index >= 15 is 0 Å². The number of rotatable bonds is 6. The van der Waals surface area contributed by atoms with Gasteiger partial charge in [0, 0.05) is 38.6 Å². The second-order valence-electron chi connectivity index (χ2n) is 6.83. The zero-order valence-electron chi connectivity index (χ0n) is 15.5. The Balaban J connectivity index is 1.95. The van der Waals surface area contributed by atoms with Crippen molar-refractivity contribution in [2.24, 2.45) is 0 Å². The van der Waals surface area contributed by atoms with Crippen LogP contribution in [0, 0.1) is 6.92 Å². The molecule has 2 aromatic carbocycles. The maximum absolute atomic E-state index is 13.2. The molecule has 0 saturated heterocycles. The van der Waals surface area contributed by atoms with Crippen molar-refractivity contribution < 1.29 is 4.79 Å². The van der Waals surface area contributed by atoms with E-state index in [1.165, 1.54) is 5.56 Å². The molecule has 1 atom stereocenters. The van der Waals surface area contributed by atoms with Gasteiger partial charge in [-0.15, -0.1) is 0 Å². The standard InChI is InChI=1S/C23H24N2O/c1-17-4-6-19(7-5-17)23(20-8-10-21(11-9-20)25(2)3)22(26)16-18-12-14-24-15-13-18/h4-15,23H,16H2,1-3H3. The molecule has 1 heterocycles. The number of aryl methyl sites for hydroxylation is 1. The largest absolute Gasteiger partial charge is 0.378 e. The van der Waals surface area contributed by atoms with Crippen LogP contribution in [0.1, 0.15) is 28.2 Å². The van der Waals surface area contributed by atoms with Crippen molar-refractivity contribution in [1.82, 2.24) is 4.98 Å². The van der Waals surface area contributed by atoms with Gasteiger partial charge in [-0.2, -0.15) is 0 Å². The van der Waals surface area contributed by atoms with Gasteiger partial charge in [-0.05, 0) is 47.9 Å². The molecule has 3 aromatic rings. The molecule has 0 N–H and O–H groups in total. The summed E-state index contributed by atoms with van der Waals surface area (Å²) in [5, 5.41) is 0. The lowest BCUT2D eigenvalue weighted by Crippen LogP contribution is -2.17. The molecule has 3 rings (SSSR count). The van der Waals surface area contributed by atoms with E-state index in [-0.39, 0.29) is 11.7 Å². The molecule has 0 fully saturated rings. The smallest absolute Gasteiger partial charge is 0.149 e. The number of hydrogen-bond donors (Lipinski definition) is 0. The van der Waals surface area contributed by atoms with Gasteiger partial charge in [0.05, 0.1) is 5.92 Å². The van der Waals surface area contributed by atoms with Crippen molar-refractivity contribution in [3.05, 3.63) is 95.3 Å². The normalized spacial score (nSPS) is 11.8. The number of carbonyl (C=O) groups excluding carboxylic acids is 1. The summed E-state index contributed by atoms with van der Waals surface area (Å²) in [5.74, 6) is -0.0716. The van der Waals surface area contributed by atoms with Crippen LogP contribution in [0.4, 0.5) is 5.69 Å². The van der Waals surface area contributed by atoms with Crippen molar-refractivity contribution in [3.63, 3.8) is 0 Å². The van der Waals surface area contributed by atoms with Crippen LogP contribution in [0.15, 0.2) is 73.1 Å². The molecule has 3 nitrogen and oxygen atoms in total. The number of Topliss-reactive ketones (excluding diaryl/α,β-unsaturated/α-hetero) is 1. The van der Waals surface area contributed by atoms with Crippen molar-refractivity contribution in [2.75, 3.05) is 19.0 Å². The van der Waals surface area contributed by atoms with E-state index in [2.05, 4.69) is 65.3 Å². The molecule has 1 aromatic heterocycles. The van der Waals surface area contributed by atoms with Gasteiger partial charge in [-0.25, -0.2) is 0 Å². The van der Waals surface area contributed by atoms with Gasteiger partial charge < -0.3 is 4.90 Å². The molecular formula is C23H24N2O. The number of carbonyl (C=O) groups is 1. The topological polar surface area (TPSA) is 33.2 Å². The molecule has 1 unspecified atom stereocenters. The van der Waals surface area contributed by atoms with E-state index in [1.807, 2.05) is 26.2 Å². The molecule has 3 heteroatoms. The second kappa shape index (κ2) is 7.96. The van der Waals surface area contributed by atoms with Gasteiger partial charge in [0.1, 0.15) is 5.78 Å². The van der Waals surface area contributed by atoms with Crippen LogP contribution in [0.3, 0.4) is 0 Å². The van der Waals surface area contributed by atoms with Crippen LogP contribution in [-0.2, 0) is 11.2 Å². The highest BCUT2D eigenvalue weighted by atomic mass is 16.1. The first-order chi connectivity index (χ1) is 12.5. The SMILES string of the molecule is Cc1ccc(C(C(=O)Cc2ccncc2)c2ccc(N(C)C)cc2)cc1. The fourth-order valence-corrected chi connectivity index (χ4v) is 3.09. The van der Waals surface area contributed by atoms with Crippen LogP contribution in [-0.4, -0.2) is 24.9 Å². The minimum absolute atomic E-state index is 0.192. The van der Waals surface area contributed by atoms with Crippen LogP contribution in [0.25, 0.3) is 0 Å². The maximum atomic E-state index is 13.2. The Kier molecular flexibility index (Phi) is 5.47. The van der Waals surface area contributed by atoms with Gasteiger partial charge in [0.25, 0.3) is 0 Å². The number of benzene rings is 2. The molecule has 0 bridgehead atoms. The Labute approximate surface area is 155 Å². The van der Waals surface area contributed by atoms with Gasteiger partial charge in [-0.1, -0.05) is 42.0 Å². The number of aromatic nitrogens is 1. The third-order valence-electron chi connectivity index (χ3n) is 4.60. The first-order valence-corrected chi connectivity index (χ1v) is 8.80. The Bertz CT molecular complexity index is 853. The third kappa shape index (κ3) is 4.17. The summed E-state index contributed by atoms with van der Waals surface area (Å²) in [4.78, 5) is 19.3. The number of anilines is 1. The van der Waals surface area contributed by atoms with E-state index in [0.717, 1.165) is 22.4 Å². The zero-order chi connectivity index (χ0) is 18.5. The molecule has 0 aliphatic carbocycles. The number of pyridine rings is 1. The number of ketones is 1. The minimum atomic E-state index is -0.264. The van der Waals surface area contributed by atoms with Crippen LogP contribution in [0.5, 0.6) is 0 Å². The minimum Gasteiger partial charge on any atom is -0.378 e. The zero-order valence-corrected chi connectivity index (χ0v) is 15.5. The molecule has 26 heavy (non-hydrogen) atoms. The summed E-state index contributed by atoms with van der Waals surface area (Å²) in [6.07, 6.45) is 3.86. The fourth-order valence-electron chi connectivity index (χ4n) is 3.09. The predicted molar refractivity (Wildman–Crippen MR) is 107 cm³/mol. The Morgan fingerprint density at radius 1 is 0.885 bits per heavy atom.